The summed E-state index contributed by atoms with van der Waals surface area (Å²) in [6.07, 6.45) is 0.0173. The van der Waals surface area contributed by atoms with Crippen molar-refractivity contribution in [2.24, 2.45) is 0 Å². The lowest BCUT2D eigenvalue weighted by atomic mass is 10.1. The molecule has 1 aliphatic heterocycles. The molecular formula is C22H22FN3O3S. The first-order valence-corrected chi connectivity index (χ1v) is 11.0. The number of amides is 1. The molecule has 8 heteroatoms. The minimum Gasteiger partial charge on any atom is -0.377 e. The quantitative estimate of drug-likeness (QED) is 0.679. The summed E-state index contributed by atoms with van der Waals surface area (Å²) < 4.78 is 42.5. The van der Waals surface area contributed by atoms with Gasteiger partial charge in [0, 0.05) is 55.2 Å². The molecule has 156 valence electrons. The SMILES string of the molecule is CN(C)c1cccc2c(S(=O)(=O)NC3CC(=O)N(c4cccc(F)c4)C3)cccc12. The van der Waals surface area contributed by atoms with E-state index >= 15 is 0 Å². The van der Waals surface area contributed by atoms with Crippen LogP contribution in [-0.4, -0.2) is 41.0 Å². The van der Waals surface area contributed by atoms with Gasteiger partial charge in [-0.2, -0.15) is 0 Å². The van der Waals surface area contributed by atoms with Crippen LogP contribution in [0.2, 0.25) is 0 Å². The van der Waals surface area contributed by atoms with Crippen LogP contribution in [0, 0.1) is 5.82 Å². The van der Waals surface area contributed by atoms with E-state index in [1.54, 1.807) is 24.3 Å². The summed E-state index contributed by atoms with van der Waals surface area (Å²) in [5.74, 6) is -0.696. The number of fused-ring (bicyclic) bond motifs is 1. The van der Waals surface area contributed by atoms with Gasteiger partial charge < -0.3 is 9.80 Å². The molecule has 3 aromatic carbocycles. The number of sulfonamides is 1. The van der Waals surface area contributed by atoms with Gasteiger partial charge >= 0.3 is 0 Å². The minimum absolute atomic E-state index is 0.0173. The van der Waals surface area contributed by atoms with Gasteiger partial charge in [0.15, 0.2) is 0 Å². The van der Waals surface area contributed by atoms with Crippen LogP contribution in [0.25, 0.3) is 10.8 Å². The Labute approximate surface area is 175 Å². The zero-order valence-corrected chi connectivity index (χ0v) is 17.5. The van der Waals surface area contributed by atoms with Crippen molar-refractivity contribution >= 4 is 38.1 Å². The molecule has 3 aromatic rings. The highest BCUT2D eigenvalue weighted by atomic mass is 32.2. The number of hydrogen-bond donors (Lipinski definition) is 1. The third kappa shape index (κ3) is 3.76. The maximum Gasteiger partial charge on any atom is 0.241 e. The molecule has 0 aliphatic carbocycles. The standard InChI is InChI=1S/C22H22FN3O3S/c1-25(2)20-10-4-9-19-18(20)8-5-11-21(19)30(28,29)24-16-13-22(27)26(14-16)17-7-3-6-15(23)12-17/h3-12,16,24H,13-14H2,1-2H3. The van der Waals surface area contributed by atoms with Crippen molar-refractivity contribution in [1.29, 1.82) is 0 Å². The third-order valence-electron chi connectivity index (χ3n) is 5.20. The van der Waals surface area contributed by atoms with Gasteiger partial charge in [-0.25, -0.2) is 17.5 Å². The van der Waals surface area contributed by atoms with Crippen LogP contribution >= 0.6 is 0 Å². The molecule has 1 atom stereocenters. The Morgan fingerprint density at radius 1 is 1.03 bits per heavy atom. The van der Waals surface area contributed by atoms with E-state index in [4.69, 9.17) is 0 Å². The molecule has 1 aliphatic rings. The summed E-state index contributed by atoms with van der Waals surface area (Å²) in [4.78, 5) is 15.9. The largest absolute Gasteiger partial charge is 0.377 e. The van der Waals surface area contributed by atoms with E-state index in [-0.39, 0.29) is 23.8 Å². The van der Waals surface area contributed by atoms with E-state index in [1.807, 2.05) is 37.2 Å². The van der Waals surface area contributed by atoms with Crippen LogP contribution < -0.4 is 14.5 Å². The highest BCUT2D eigenvalue weighted by Gasteiger charge is 2.34. The lowest BCUT2D eigenvalue weighted by molar-refractivity contribution is -0.117. The Balaban J connectivity index is 1.63. The summed E-state index contributed by atoms with van der Waals surface area (Å²) in [5, 5.41) is 1.44. The summed E-state index contributed by atoms with van der Waals surface area (Å²) in [7, 11) is -0.0672. The predicted octanol–water partition coefficient (Wildman–Crippen LogP) is 3.13. The second kappa shape index (κ2) is 7.70. The zero-order valence-electron chi connectivity index (χ0n) is 16.7. The van der Waals surface area contributed by atoms with Gasteiger partial charge in [0.05, 0.1) is 4.90 Å². The van der Waals surface area contributed by atoms with Gasteiger partial charge in [-0.3, -0.25) is 4.79 Å². The lowest BCUT2D eigenvalue weighted by Gasteiger charge is -2.19. The maximum absolute atomic E-state index is 13.5. The molecule has 1 saturated heterocycles. The van der Waals surface area contributed by atoms with Crippen molar-refractivity contribution < 1.29 is 17.6 Å². The molecular weight excluding hydrogens is 405 g/mol. The molecule has 30 heavy (non-hydrogen) atoms. The van der Waals surface area contributed by atoms with Crippen LogP contribution in [0.5, 0.6) is 0 Å². The molecule has 1 fully saturated rings. The maximum atomic E-state index is 13.5. The van der Waals surface area contributed by atoms with E-state index in [0.29, 0.717) is 11.1 Å². The van der Waals surface area contributed by atoms with Gasteiger partial charge in [-0.1, -0.05) is 30.3 Å². The van der Waals surface area contributed by atoms with Crippen molar-refractivity contribution in [2.45, 2.75) is 17.4 Å². The third-order valence-corrected chi connectivity index (χ3v) is 6.78. The minimum atomic E-state index is -3.87. The first-order valence-electron chi connectivity index (χ1n) is 9.53. The summed E-state index contributed by atoms with van der Waals surface area (Å²) in [5.41, 5.74) is 1.33. The Bertz CT molecular complexity index is 1230. The number of rotatable bonds is 5. The van der Waals surface area contributed by atoms with E-state index < -0.39 is 21.9 Å². The Hall–Kier alpha value is -2.97. The van der Waals surface area contributed by atoms with Crippen LogP contribution in [0.3, 0.4) is 0 Å². The normalized spacial score (nSPS) is 17.0. The average Bonchev–Trinajstić information content (AvgIpc) is 3.06. The molecule has 0 radical (unpaired) electrons. The van der Waals surface area contributed by atoms with Crippen LogP contribution in [0.1, 0.15) is 6.42 Å². The first kappa shape index (κ1) is 20.3. The molecule has 1 amide bonds. The number of hydrogen-bond acceptors (Lipinski definition) is 4. The molecule has 0 aromatic heterocycles. The molecule has 1 unspecified atom stereocenters. The molecule has 4 rings (SSSR count). The first-order chi connectivity index (χ1) is 14.3. The number of nitrogens with zero attached hydrogens (tertiary/aromatic N) is 2. The van der Waals surface area contributed by atoms with Gasteiger partial charge in [-0.15, -0.1) is 0 Å². The number of benzene rings is 3. The fourth-order valence-electron chi connectivity index (χ4n) is 3.85. The number of nitrogens with one attached hydrogen (secondary N) is 1. The van der Waals surface area contributed by atoms with Crippen molar-refractivity contribution in [2.75, 3.05) is 30.4 Å². The molecule has 6 nitrogen and oxygen atoms in total. The molecule has 0 saturated carbocycles. The lowest BCUT2D eigenvalue weighted by Crippen LogP contribution is -2.37. The summed E-state index contributed by atoms with van der Waals surface area (Å²) in [6.45, 7) is 0.148. The fourth-order valence-corrected chi connectivity index (χ4v) is 5.30. The predicted molar refractivity (Wildman–Crippen MR) is 116 cm³/mol. The molecule has 0 spiro atoms. The average molecular weight is 428 g/mol. The van der Waals surface area contributed by atoms with Crippen molar-refractivity contribution in [3.63, 3.8) is 0 Å². The number of anilines is 2. The zero-order chi connectivity index (χ0) is 21.5. The Morgan fingerprint density at radius 2 is 1.73 bits per heavy atom. The van der Waals surface area contributed by atoms with Crippen LogP contribution in [-0.2, 0) is 14.8 Å². The molecule has 1 heterocycles. The monoisotopic (exact) mass is 427 g/mol. The number of carbonyl (C=O) groups is 1. The second-order valence-electron chi connectivity index (χ2n) is 7.53. The Kier molecular flexibility index (Phi) is 5.21. The highest BCUT2D eigenvalue weighted by molar-refractivity contribution is 7.89. The smallest absolute Gasteiger partial charge is 0.241 e. The van der Waals surface area contributed by atoms with Gasteiger partial charge in [-0.05, 0) is 30.3 Å². The van der Waals surface area contributed by atoms with E-state index in [0.717, 1.165) is 11.1 Å². The van der Waals surface area contributed by atoms with E-state index in [9.17, 15) is 17.6 Å². The van der Waals surface area contributed by atoms with Crippen molar-refractivity contribution in [3.05, 3.63) is 66.5 Å². The van der Waals surface area contributed by atoms with Crippen molar-refractivity contribution in [3.8, 4) is 0 Å². The van der Waals surface area contributed by atoms with Gasteiger partial charge in [0.1, 0.15) is 5.82 Å². The topological polar surface area (TPSA) is 69.7 Å². The van der Waals surface area contributed by atoms with E-state index in [2.05, 4.69) is 4.72 Å². The van der Waals surface area contributed by atoms with Crippen molar-refractivity contribution in [1.82, 2.24) is 4.72 Å². The second-order valence-corrected chi connectivity index (χ2v) is 9.21. The Morgan fingerprint density at radius 3 is 2.47 bits per heavy atom. The number of carbonyl (C=O) groups excluding carboxylic acids is 1. The summed E-state index contributed by atoms with van der Waals surface area (Å²) in [6, 6.07) is 15.8. The molecule has 1 N–H and O–H groups in total. The van der Waals surface area contributed by atoms with Gasteiger partial charge in [0.25, 0.3) is 0 Å². The molecule has 0 bridgehead atoms. The fraction of sp³-hybridized carbons (Fsp3) is 0.227. The van der Waals surface area contributed by atoms with Crippen LogP contribution in [0.4, 0.5) is 15.8 Å². The number of halogens is 1. The highest BCUT2D eigenvalue weighted by Crippen LogP contribution is 2.31. The van der Waals surface area contributed by atoms with E-state index in [1.165, 1.54) is 23.1 Å². The van der Waals surface area contributed by atoms with Crippen LogP contribution in [0.15, 0.2) is 65.6 Å². The van der Waals surface area contributed by atoms with Gasteiger partial charge in [0.2, 0.25) is 15.9 Å². The summed E-state index contributed by atoms with van der Waals surface area (Å²) >= 11 is 0.